The second-order valence-electron chi connectivity index (χ2n) is 9.83. The molecule has 0 radical (unpaired) electrons. The largest absolute Gasteiger partial charge is 0.497 e. The Hall–Kier alpha value is -4.36. The number of ether oxygens (including phenoxy) is 1. The van der Waals surface area contributed by atoms with Gasteiger partial charge in [0.25, 0.3) is 0 Å². The van der Waals surface area contributed by atoms with Crippen molar-refractivity contribution in [3.05, 3.63) is 149 Å². The van der Waals surface area contributed by atoms with Gasteiger partial charge in [-0.15, -0.1) is 0 Å². The Morgan fingerprint density at radius 1 is 0.500 bits per heavy atom. The van der Waals surface area contributed by atoms with Gasteiger partial charge in [-0.05, 0) is 86.1 Å². The SMILES string of the molecule is COc1ccc2cc(C3(c4ccc5cc(C)ccc5c4)c4ccccc4-c4ccccc43)ccc2c1. The van der Waals surface area contributed by atoms with E-state index in [4.69, 9.17) is 4.74 Å². The molecule has 0 aromatic heterocycles. The van der Waals surface area contributed by atoms with Crippen LogP contribution in [0, 0.1) is 6.92 Å². The van der Waals surface area contributed by atoms with E-state index >= 15 is 0 Å². The zero-order valence-corrected chi connectivity index (χ0v) is 20.5. The van der Waals surface area contributed by atoms with E-state index in [2.05, 4.69) is 122 Å². The topological polar surface area (TPSA) is 9.23 Å². The van der Waals surface area contributed by atoms with Gasteiger partial charge in [0.05, 0.1) is 12.5 Å². The van der Waals surface area contributed by atoms with Crippen molar-refractivity contribution in [1.82, 2.24) is 0 Å². The van der Waals surface area contributed by atoms with E-state index in [0.29, 0.717) is 0 Å². The highest BCUT2D eigenvalue weighted by Crippen LogP contribution is 2.56. The highest BCUT2D eigenvalue weighted by atomic mass is 16.5. The molecule has 0 bridgehead atoms. The molecule has 0 fully saturated rings. The van der Waals surface area contributed by atoms with E-state index < -0.39 is 5.41 Å². The molecular formula is C35H26O. The molecule has 0 saturated heterocycles. The lowest BCUT2D eigenvalue weighted by molar-refractivity contribution is 0.415. The summed E-state index contributed by atoms with van der Waals surface area (Å²) < 4.78 is 5.48. The molecule has 0 unspecified atom stereocenters. The maximum Gasteiger partial charge on any atom is 0.119 e. The minimum Gasteiger partial charge on any atom is -0.497 e. The lowest BCUT2D eigenvalue weighted by Crippen LogP contribution is -2.28. The van der Waals surface area contributed by atoms with Gasteiger partial charge in [-0.1, -0.05) is 103 Å². The van der Waals surface area contributed by atoms with Gasteiger partial charge in [-0.25, -0.2) is 0 Å². The monoisotopic (exact) mass is 462 g/mol. The summed E-state index contributed by atoms with van der Waals surface area (Å²) in [5.41, 5.74) is 8.76. The van der Waals surface area contributed by atoms with Crippen molar-refractivity contribution in [2.24, 2.45) is 0 Å². The van der Waals surface area contributed by atoms with Crippen LogP contribution in [0.5, 0.6) is 5.75 Å². The summed E-state index contributed by atoms with van der Waals surface area (Å²) in [6, 6.07) is 44.8. The number of hydrogen-bond acceptors (Lipinski definition) is 1. The average Bonchev–Trinajstić information content (AvgIpc) is 3.23. The van der Waals surface area contributed by atoms with Crippen molar-refractivity contribution in [3.63, 3.8) is 0 Å². The number of benzene rings is 6. The van der Waals surface area contributed by atoms with Crippen LogP contribution in [0.25, 0.3) is 32.7 Å². The van der Waals surface area contributed by atoms with Gasteiger partial charge in [0, 0.05) is 0 Å². The summed E-state index contributed by atoms with van der Waals surface area (Å²) >= 11 is 0. The Bertz CT molecular complexity index is 1750. The highest BCUT2D eigenvalue weighted by molar-refractivity contribution is 5.92. The number of aryl methyl sites for hydroxylation is 1. The second-order valence-corrected chi connectivity index (χ2v) is 9.83. The number of methoxy groups -OCH3 is 1. The van der Waals surface area contributed by atoms with Crippen LogP contribution < -0.4 is 4.74 Å². The third-order valence-corrected chi connectivity index (χ3v) is 7.86. The molecule has 0 amide bonds. The van der Waals surface area contributed by atoms with Crippen LogP contribution in [0.3, 0.4) is 0 Å². The van der Waals surface area contributed by atoms with E-state index in [1.807, 2.05) is 6.07 Å². The smallest absolute Gasteiger partial charge is 0.119 e. The standard InChI is InChI=1S/C35H26O/c1-23-11-12-25-20-28(16-13-24(25)19-23)35(29-17-14-27-22-30(36-2)18-15-26(27)21-29)33-9-5-3-7-31(33)32-8-4-6-10-34(32)35/h3-22H,1-2H3. The summed E-state index contributed by atoms with van der Waals surface area (Å²) in [4.78, 5) is 0. The van der Waals surface area contributed by atoms with Gasteiger partial charge in [0.15, 0.2) is 0 Å². The molecule has 1 aliphatic carbocycles. The minimum atomic E-state index is -0.402. The first-order chi connectivity index (χ1) is 17.7. The summed E-state index contributed by atoms with van der Waals surface area (Å²) in [6.45, 7) is 2.16. The Balaban J connectivity index is 1.60. The van der Waals surface area contributed by atoms with E-state index in [9.17, 15) is 0 Å². The van der Waals surface area contributed by atoms with E-state index in [1.54, 1.807) is 7.11 Å². The quantitative estimate of drug-likeness (QED) is 0.255. The highest BCUT2D eigenvalue weighted by Gasteiger charge is 2.46. The van der Waals surface area contributed by atoms with E-state index in [0.717, 1.165) is 5.75 Å². The molecule has 0 aliphatic heterocycles. The first kappa shape index (κ1) is 21.0. The predicted octanol–water partition coefficient (Wildman–Crippen LogP) is 8.67. The molecule has 0 spiro atoms. The van der Waals surface area contributed by atoms with Gasteiger partial charge in [0.2, 0.25) is 0 Å². The number of rotatable bonds is 3. The third-order valence-electron chi connectivity index (χ3n) is 7.86. The Labute approximate surface area is 211 Å². The number of hydrogen-bond donors (Lipinski definition) is 0. The van der Waals surface area contributed by atoms with Gasteiger partial charge in [-0.2, -0.15) is 0 Å². The number of fused-ring (bicyclic) bond motifs is 5. The maximum atomic E-state index is 5.48. The summed E-state index contributed by atoms with van der Waals surface area (Å²) in [7, 11) is 1.72. The summed E-state index contributed by atoms with van der Waals surface area (Å²) in [5.74, 6) is 0.881. The molecule has 1 aliphatic rings. The van der Waals surface area contributed by atoms with Crippen LogP contribution in [0.4, 0.5) is 0 Å². The molecule has 0 saturated carbocycles. The Morgan fingerprint density at radius 2 is 1.00 bits per heavy atom. The predicted molar refractivity (Wildman–Crippen MR) is 150 cm³/mol. The Morgan fingerprint density at radius 3 is 1.61 bits per heavy atom. The molecular weight excluding hydrogens is 436 g/mol. The molecule has 172 valence electrons. The first-order valence-electron chi connectivity index (χ1n) is 12.5. The zero-order chi connectivity index (χ0) is 24.3. The summed E-state index contributed by atoms with van der Waals surface area (Å²) in [6.07, 6.45) is 0. The fraction of sp³-hybridized carbons (Fsp3) is 0.0857. The molecule has 36 heavy (non-hydrogen) atoms. The van der Waals surface area contributed by atoms with Crippen molar-refractivity contribution in [1.29, 1.82) is 0 Å². The molecule has 1 nitrogen and oxygen atoms in total. The van der Waals surface area contributed by atoms with E-state index in [-0.39, 0.29) is 0 Å². The molecule has 7 rings (SSSR count). The molecule has 0 atom stereocenters. The van der Waals surface area contributed by atoms with Crippen LogP contribution in [0.1, 0.15) is 27.8 Å². The lowest BCUT2D eigenvalue weighted by atomic mass is 9.67. The second kappa shape index (κ2) is 7.83. The molecule has 0 N–H and O–H groups in total. The van der Waals surface area contributed by atoms with Crippen molar-refractivity contribution < 1.29 is 4.74 Å². The molecule has 6 aromatic carbocycles. The van der Waals surface area contributed by atoms with E-state index in [1.165, 1.54) is 60.5 Å². The Kier molecular flexibility index (Phi) is 4.56. The van der Waals surface area contributed by atoms with Crippen LogP contribution >= 0.6 is 0 Å². The van der Waals surface area contributed by atoms with Crippen molar-refractivity contribution in [3.8, 4) is 16.9 Å². The van der Waals surface area contributed by atoms with Crippen LogP contribution in [-0.2, 0) is 5.41 Å². The first-order valence-corrected chi connectivity index (χ1v) is 12.5. The van der Waals surface area contributed by atoms with Crippen LogP contribution in [0.2, 0.25) is 0 Å². The summed E-state index contributed by atoms with van der Waals surface area (Å²) in [5, 5.41) is 4.94. The van der Waals surface area contributed by atoms with Gasteiger partial charge in [0.1, 0.15) is 5.75 Å². The molecule has 6 aromatic rings. The van der Waals surface area contributed by atoms with Gasteiger partial charge in [-0.3, -0.25) is 0 Å². The molecule has 0 heterocycles. The fourth-order valence-electron chi connectivity index (χ4n) is 6.21. The minimum absolute atomic E-state index is 0.402. The van der Waals surface area contributed by atoms with Crippen molar-refractivity contribution in [2.45, 2.75) is 12.3 Å². The van der Waals surface area contributed by atoms with Crippen LogP contribution in [-0.4, -0.2) is 7.11 Å². The third kappa shape index (κ3) is 2.90. The van der Waals surface area contributed by atoms with Crippen LogP contribution in [0.15, 0.2) is 121 Å². The van der Waals surface area contributed by atoms with Crippen molar-refractivity contribution >= 4 is 21.5 Å². The maximum absolute atomic E-state index is 5.48. The molecule has 1 heteroatoms. The average molecular weight is 463 g/mol. The lowest BCUT2D eigenvalue weighted by Gasteiger charge is -2.34. The fourth-order valence-corrected chi connectivity index (χ4v) is 6.21. The van der Waals surface area contributed by atoms with Gasteiger partial charge >= 0.3 is 0 Å². The van der Waals surface area contributed by atoms with Crippen molar-refractivity contribution in [2.75, 3.05) is 7.11 Å². The van der Waals surface area contributed by atoms with Gasteiger partial charge < -0.3 is 4.74 Å². The zero-order valence-electron chi connectivity index (χ0n) is 20.5. The normalized spacial score (nSPS) is 13.5.